The van der Waals surface area contributed by atoms with Crippen LogP contribution in [0.25, 0.3) is 0 Å². The summed E-state index contributed by atoms with van der Waals surface area (Å²) in [4.78, 5) is 42.1. The average Bonchev–Trinajstić information content (AvgIpc) is 3.56. The van der Waals surface area contributed by atoms with Crippen molar-refractivity contribution in [3.63, 3.8) is 0 Å². The highest BCUT2D eigenvalue weighted by Gasteiger charge is 2.74. The highest BCUT2D eigenvalue weighted by Crippen LogP contribution is 2.76. The predicted octanol–water partition coefficient (Wildman–Crippen LogP) is -1.21. The number of aliphatic hydroxyl groups is 11. The van der Waals surface area contributed by atoms with E-state index in [1.54, 1.807) is 0 Å². The van der Waals surface area contributed by atoms with Gasteiger partial charge < -0.3 is 104 Å². The van der Waals surface area contributed by atoms with Crippen LogP contribution in [0.4, 0.5) is 0 Å². The third kappa shape index (κ3) is 9.23. The Morgan fingerprint density at radius 2 is 1.19 bits per heavy atom. The largest absolute Gasteiger partial charge is 0.481 e. The lowest BCUT2D eigenvalue weighted by atomic mass is 9.33. The summed E-state index contributed by atoms with van der Waals surface area (Å²) in [6.07, 6.45) is -27.0. The van der Waals surface area contributed by atoms with Gasteiger partial charge in [-0.05, 0) is 119 Å². The number of aliphatic carboxylic acids is 2. The van der Waals surface area contributed by atoms with Crippen LogP contribution in [0.5, 0.6) is 0 Å². The minimum Gasteiger partial charge on any atom is -0.481 e. The van der Waals surface area contributed by atoms with Gasteiger partial charge in [-0.1, -0.05) is 39.3 Å². The summed E-state index contributed by atoms with van der Waals surface area (Å²) in [5.41, 5.74) is -4.78. The molecule has 0 spiro atoms. The summed E-state index contributed by atoms with van der Waals surface area (Å²) in [6.45, 7) is 11.6. The number of fused-ring (bicyclic) bond motifs is 7. The number of carbonyl (C=O) groups is 3. The number of carboxylic acid groups (broad SMARTS) is 2. The second kappa shape index (κ2) is 21.0. The summed E-state index contributed by atoms with van der Waals surface area (Å²) < 4.78 is 47.0. The Labute approximate surface area is 446 Å². The Bertz CT molecular complexity index is 2230. The molecule has 28 unspecified atom stereocenters. The number of aliphatic hydroxyl groups excluding tert-OH is 11. The molecule has 5 aliphatic carbocycles. The van der Waals surface area contributed by atoms with Crippen LogP contribution in [-0.2, 0) is 52.3 Å². The van der Waals surface area contributed by atoms with Crippen molar-refractivity contribution in [3.05, 3.63) is 11.6 Å². The molecule has 4 saturated carbocycles. The van der Waals surface area contributed by atoms with E-state index in [-0.39, 0.29) is 24.7 Å². The van der Waals surface area contributed by atoms with Gasteiger partial charge in [0.05, 0.1) is 47.8 Å². The fourth-order valence-corrected chi connectivity index (χ4v) is 15.9. The first-order valence-electron chi connectivity index (χ1n) is 27.3. The zero-order valence-corrected chi connectivity index (χ0v) is 44.6. The number of esters is 1. The van der Waals surface area contributed by atoms with Crippen molar-refractivity contribution in [2.24, 2.45) is 50.2 Å². The van der Waals surface area contributed by atoms with Gasteiger partial charge in [0.15, 0.2) is 25.0 Å². The van der Waals surface area contributed by atoms with Crippen molar-refractivity contribution in [1.82, 2.24) is 0 Å². The Hall–Kier alpha value is -2.57. The van der Waals surface area contributed by atoms with Crippen LogP contribution < -0.4 is 0 Å². The van der Waals surface area contributed by atoms with E-state index in [0.717, 1.165) is 5.57 Å². The Morgan fingerprint density at radius 1 is 0.610 bits per heavy atom. The molecule has 438 valence electrons. The standard InChI is InChI=1S/C53H82O24/c1-21-30(57)32(59)40(76-42-36(63)33(60)38(22(2)72-42)74-43-37(64)34(61)39(26(19-54)73-43)75-41-35(62)31(58)25(55)20-70-41)44(71-21)77-47(69)52-16-14-48(3,4)18-24(52)23-8-9-27-50(6,49(23,5)15-17-52)12-10-28-51(7,45(65)66)29(56)11-13-53(27,28)46(67)68/h8,21-22,24-44,54-64H,9-20H2,1-7H3,(H,65,66)(H,67,68). The molecule has 4 saturated heterocycles. The molecule has 8 fully saturated rings. The van der Waals surface area contributed by atoms with Crippen LogP contribution in [0.15, 0.2) is 11.6 Å². The van der Waals surface area contributed by atoms with Crippen molar-refractivity contribution in [2.75, 3.05) is 13.2 Å². The maximum Gasteiger partial charge on any atom is 0.315 e. The van der Waals surface area contributed by atoms with Gasteiger partial charge >= 0.3 is 17.9 Å². The van der Waals surface area contributed by atoms with Gasteiger partial charge in [0.2, 0.25) is 6.29 Å². The van der Waals surface area contributed by atoms with Crippen molar-refractivity contribution in [3.8, 4) is 0 Å². The first-order valence-corrected chi connectivity index (χ1v) is 27.3. The van der Waals surface area contributed by atoms with Gasteiger partial charge in [0.1, 0.15) is 73.2 Å². The minimum atomic E-state index is -1.99. The molecule has 4 heterocycles. The van der Waals surface area contributed by atoms with E-state index in [1.165, 1.54) is 20.8 Å². The summed E-state index contributed by atoms with van der Waals surface area (Å²) in [5.74, 6) is -4.64. The molecule has 9 rings (SSSR count). The molecule has 24 heteroatoms. The van der Waals surface area contributed by atoms with Crippen molar-refractivity contribution in [1.29, 1.82) is 0 Å². The fraction of sp³-hybridized carbons (Fsp3) is 0.906. The molecule has 9 aliphatic rings. The molecule has 0 amide bonds. The molecule has 77 heavy (non-hydrogen) atoms. The Kier molecular flexibility index (Phi) is 16.1. The number of carbonyl (C=O) groups excluding carboxylic acids is 1. The van der Waals surface area contributed by atoms with Gasteiger partial charge in [-0.15, -0.1) is 0 Å². The molecule has 28 atom stereocenters. The van der Waals surface area contributed by atoms with Crippen molar-refractivity contribution in [2.45, 2.75) is 235 Å². The first kappa shape index (κ1) is 59.1. The lowest BCUT2D eigenvalue weighted by molar-refractivity contribution is -0.384. The number of carboxylic acids is 2. The van der Waals surface area contributed by atoms with Crippen LogP contribution in [0, 0.1) is 50.2 Å². The molecule has 0 bridgehead atoms. The van der Waals surface area contributed by atoms with Crippen LogP contribution in [0.2, 0.25) is 0 Å². The highest BCUT2D eigenvalue weighted by atomic mass is 16.8. The first-order chi connectivity index (χ1) is 35.9. The van der Waals surface area contributed by atoms with Crippen LogP contribution in [0.1, 0.15) is 113 Å². The van der Waals surface area contributed by atoms with Crippen LogP contribution in [-0.4, -0.2) is 220 Å². The molecule has 0 aromatic carbocycles. The van der Waals surface area contributed by atoms with E-state index in [9.17, 15) is 76.0 Å². The summed E-state index contributed by atoms with van der Waals surface area (Å²) in [6, 6.07) is 0. The number of hydrogen-bond donors (Lipinski definition) is 13. The van der Waals surface area contributed by atoms with Gasteiger partial charge in [-0.2, -0.15) is 0 Å². The zero-order valence-electron chi connectivity index (χ0n) is 44.6. The molecular weight excluding hydrogens is 1020 g/mol. The van der Waals surface area contributed by atoms with Crippen molar-refractivity contribution < 1.29 is 119 Å². The predicted molar refractivity (Wildman–Crippen MR) is 258 cm³/mol. The maximum atomic E-state index is 15.3. The SMILES string of the molecule is CC1OC(OC(=O)C23CCC(C)(C)CC2C2=CCC4C5(C(=O)O)CCC(O)C(C)(C(=O)O)C5CCC4(C)C2(C)CC3)C(OC2OC(C)C(OC3OC(CO)C(OC4OCC(O)C(O)C4O)C(O)C3O)C(O)C2O)C(O)C1O. The van der Waals surface area contributed by atoms with Gasteiger partial charge in [0.25, 0.3) is 0 Å². The number of hydrogen-bond acceptors (Lipinski definition) is 22. The minimum absolute atomic E-state index is 0.0282. The van der Waals surface area contributed by atoms with E-state index in [1.807, 2.05) is 0 Å². The lowest BCUT2D eigenvalue weighted by Gasteiger charge is -2.70. The van der Waals surface area contributed by atoms with Crippen molar-refractivity contribution >= 4 is 17.9 Å². The van der Waals surface area contributed by atoms with E-state index in [4.69, 9.17) is 37.9 Å². The van der Waals surface area contributed by atoms with Gasteiger partial charge in [0, 0.05) is 0 Å². The monoisotopic (exact) mass is 1100 g/mol. The maximum absolute atomic E-state index is 15.3. The summed E-state index contributed by atoms with van der Waals surface area (Å²) in [5, 5.41) is 142. The molecule has 0 aromatic rings. The number of allylic oxidation sites excluding steroid dienone is 2. The van der Waals surface area contributed by atoms with Crippen LogP contribution in [0.3, 0.4) is 0 Å². The second-order valence-electron chi connectivity index (χ2n) is 25.4. The second-order valence-corrected chi connectivity index (χ2v) is 25.4. The quantitative estimate of drug-likeness (QED) is 0.0853. The molecule has 0 radical (unpaired) electrons. The Morgan fingerprint density at radius 3 is 1.84 bits per heavy atom. The normalized spacial score (nSPS) is 53.6. The zero-order chi connectivity index (χ0) is 56.4. The van der Waals surface area contributed by atoms with E-state index >= 15 is 4.79 Å². The Balaban J connectivity index is 0.926. The third-order valence-electron chi connectivity index (χ3n) is 21.0. The van der Waals surface area contributed by atoms with Gasteiger partial charge in [-0.3, -0.25) is 14.4 Å². The molecule has 13 N–H and O–H groups in total. The molecule has 0 aromatic heterocycles. The fourth-order valence-electron chi connectivity index (χ4n) is 15.9. The third-order valence-corrected chi connectivity index (χ3v) is 21.0. The molecule has 4 aliphatic heterocycles. The van der Waals surface area contributed by atoms with Crippen LogP contribution >= 0.6 is 0 Å². The molecule has 24 nitrogen and oxygen atoms in total. The summed E-state index contributed by atoms with van der Waals surface area (Å²) >= 11 is 0. The molecular formula is C53H82O24. The topological polar surface area (TPSA) is 388 Å². The number of rotatable bonds is 11. The van der Waals surface area contributed by atoms with E-state index < -0.39 is 199 Å². The summed E-state index contributed by atoms with van der Waals surface area (Å²) in [7, 11) is 0. The highest BCUT2D eigenvalue weighted by molar-refractivity contribution is 5.82. The van der Waals surface area contributed by atoms with E-state index in [0.29, 0.717) is 44.9 Å². The smallest absolute Gasteiger partial charge is 0.315 e. The van der Waals surface area contributed by atoms with Gasteiger partial charge in [-0.25, -0.2) is 0 Å². The lowest BCUT2D eigenvalue weighted by Crippen LogP contribution is -2.69. The van der Waals surface area contributed by atoms with E-state index in [2.05, 4.69) is 33.8 Å². The average molecular weight is 1100 g/mol. The number of ether oxygens (including phenoxy) is 8.